The third-order valence-corrected chi connectivity index (χ3v) is 3.31. The molecule has 0 saturated heterocycles. The van der Waals surface area contributed by atoms with E-state index in [0.29, 0.717) is 0 Å². The maximum Gasteiger partial charge on any atom is 0.260 e. The number of ether oxygens (including phenoxy) is 1. The van der Waals surface area contributed by atoms with Crippen molar-refractivity contribution in [1.82, 2.24) is 5.32 Å². The van der Waals surface area contributed by atoms with Gasteiger partial charge in [-0.25, -0.2) is 0 Å². The van der Waals surface area contributed by atoms with Gasteiger partial charge in [-0.2, -0.15) is 0 Å². The van der Waals surface area contributed by atoms with Crippen LogP contribution in [-0.2, 0) is 4.79 Å². The van der Waals surface area contributed by atoms with Crippen LogP contribution < -0.4 is 10.1 Å². The lowest BCUT2D eigenvalue weighted by Crippen LogP contribution is -2.36. The van der Waals surface area contributed by atoms with Gasteiger partial charge in [-0.1, -0.05) is 51.3 Å². The van der Waals surface area contributed by atoms with Gasteiger partial charge < -0.3 is 10.1 Å². The average Bonchev–Trinajstić information content (AvgIpc) is 2.45. The zero-order valence-corrected chi connectivity index (χ0v) is 12.9. The number of carbonyl (C=O) groups excluding carboxylic acids is 1. The minimum Gasteiger partial charge on any atom is -0.481 e. The average molecular weight is 277 g/mol. The van der Waals surface area contributed by atoms with Gasteiger partial charge in [0, 0.05) is 7.05 Å². The first-order valence-corrected chi connectivity index (χ1v) is 7.56. The molecule has 0 radical (unpaired) electrons. The summed E-state index contributed by atoms with van der Waals surface area (Å²) >= 11 is 0. The minimum absolute atomic E-state index is 0.0438. The lowest BCUT2D eigenvalue weighted by Gasteiger charge is -2.17. The summed E-state index contributed by atoms with van der Waals surface area (Å²) in [5, 5.41) is 2.68. The second kappa shape index (κ2) is 9.40. The van der Waals surface area contributed by atoms with Crippen molar-refractivity contribution in [2.45, 2.75) is 52.1 Å². The van der Waals surface area contributed by atoms with Crippen LogP contribution in [0.4, 0.5) is 0 Å². The summed E-state index contributed by atoms with van der Waals surface area (Å²) in [6.45, 7) is 4.48. The van der Waals surface area contributed by atoms with E-state index in [1.807, 2.05) is 30.3 Å². The third-order valence-electron chi connectivity index (χ3n) is 3.31. The van der Waals surface area contributed by atoms with Gasteiger partial charge in [0.1, 0.15) is 5.75 Å². The number of likely N-dealkylation sites (N-methyl/N-ethyl adjacent to an activating group) is 1. The smallest absolute Gasteiger partial charge is 0.260 e. The predicted octanol–water partition coefficient (Wildman–Crippen LogP) is 3.79. The Morgan fingerprint density at radius 1 is 1.10 bits per heavy atom. The number of para-hydroxylation sites is 1. The second-order valence-electron chi connectivity index (χ2n) is 5.57. The first-order valence-electron chi connectivity index (χ1n) is 7.56. The van der Waals surface area contributed by atoms with Gasteiger partial charge in [0.05, 0.1) is 0 Å². The summed E-state index contributed by atoms with van der Waals surface area (Å²) in [6.07, 6.45) is 5.04. The summed E-state index contributed by atoms with van der Waals surface area (Å²) in [7, 11) is 1.66. The van der Waals surface area contributed by atoms with Crippen molar-refractivity contribution in [1.29, 1.82) is 0 Å². The Labute approximate surface area is 122 Å². The Kier molecular flexibility index (Phi) is 7.78. The molecule has 0 aromatic heterocycles. The highest BCUT2D eigenvalue weighted by Crippen LogP contribution is 2.16. The fraction of sp³-hybridized carbons (Fsp3) is 0.588. The SMILES string of the molecule is CNC(=O)C(CCCCCC(C)C)Oc1ccccc1. The van der Waals surface area contributed by atoms with Crippen LogP contribution in [0.3, 0.4) is 0 Å². The van der Waals surface area contributed by atoms with Gasteiger partial charge in [0.2, 0.25) is 0 Å². The lowest BCUT2D eigenvalue weighted by atomic mass is 10.0. The number of unbranched alkanes of at least 4 members (excludes halogenated alkanes) is 2. The Balaban J connectivity index is 2.39. The molecule has 112 valence electrons. The van der Waals surface area contributed by atoms with Crippen molar-refractivity contribution >= 4 is 5.91 Å². The molecule has 0 saturated carbocycles. The molecule has 0 aliphatic carbocycles. The lowest BCUT2D eigenvalue weighted by molar-refractivity contribution is -0.127. The van der Waals surface area contributed by atoms with Gasteiger partial charge in [-0.3, -0.25) is 4.79 Å². The largest absolute Gasteiger partial charge is 0.481 e. The summed E-state index contributed by atoms with van der Waals surface area (Å²) in [5.74, 6) is 1.46. The van der Waals surface area contributed by atoms with Gasteiger partial charge in [0.25, 0.3) is 5.91 Å². The van der Waals surface area contributed by atoms with Crippen LogP contribution >= 0.6 is 0 Å². The number of hydrogen-bond acceptors (Lipinski definition) is 2. The molecule has 0 aliphatic rings. The number of nitrogens with one attached hydrogen (secondary N) is 1. The molecule has 1 unspecified atom stereocenters. The van der Waals surface area contributed by atoms with Crippen LogP contribution in [0.1, 0.15) is 46.0 Å². The van der Waals surface area contributed by atoms with E-state index in [0.717, 1.165) is 30.9 Å². The first-order chi connectivity index (χ1) is 9.63. The molecule has 0 heterocycles. The predicted molar refractivity (Wildman–Crippen MR) is 82.8 cm³/mol. The maximum atomic E-state index is 11.9. The molecular weight excluding hydrogens is 250 g/mol. The molecule has 1 atom stereocenters. The van der Waals surface area contributed by atoms with E-state index in [1.165, 1.54) is 12.8 Å². The van der Waals surface area contributed by atoms with E-state index in [-0.39, 0.29) is 12.0 Å². The Bertz CT molecular complexity index is 376. The van der Waals surface area contributed by atoms with Crippen LogP contribution in [0.2, 0.25) is 0 Å². The summed E-state index contributed by atoms with van der Waals surface area (Å²) in [4.78, 5) is 11.9. The molecule has 1 amide bonds. The van der Waals surface area contributed by atoms with E-state index in [1.54, 1.807) is 7.05 Å². The zero-order valence-electron chi connectivity index (χ0n) is 12.9. The van der Waals surface area contributed by atoms with Crippen molar-refractivity contribution in [3.8, 4) is 5.75 Å². The molecule has 20 heavy (non-hydrogen) atoms. The highest BCUT2D eigenvalue weighted by atomic mass is 16.5. The molecule has 3 heteroatoms. The van der Waals surface area contributed by atoms with Crippen LogP contribution in [0.5, 0.6) is 5.75 Å². The van der Waals surface area contributed by atoms with E-state index in [4.69, 9.17) is 4.74 Å². The standard InChI is InChI=1S/C17H27NO2/c1-14(2)10-6-4-9-13-16(17(19)18-3)20-15-11-7-5-8-12-15/h5,7-8,11-12,14,16H,4,6,9-10,13H2,1-3H3,(H,18,19). The number of carbonyl (C=O) groups is 1. The molecule has 0 spiro atoms. The number of benzene rings is 1. The van der Waals surface area contributed by atoms with Gasteiger partial charge in [0.15, 0.2) is 6.10 Å². The zero-order chi connectivity index (χ0) is 14.8. The molecule has 0 aliphatic heterocycles. The van der Waals surface area contributed by atoms with Crippen LogP contribution in [0.25, 0.3) is 0 Å². The molecule has 0 bridgehead atoms. The van der Waals surface area contributed by atoms with Crippen molar-refractivity contribution in [3.63, 3.8) is 0 Å². The van der Waals surface area contributed by atoms with E-state index >= 15 is 0 Å². The summed E-state index contributed by atoms with van der Waals surface area (Å²) in [5.41, 5.74) is 0. The van der Waals surface area contributed by atoms with Gasteiger partial charge >= 0.3 is 0 Å². The Morgan fingerprint density at radius 3 is 2.35 bits per heavy atom. The Morgan fingerprint density at radius 2 is 1.75 bits per heavy atom. The molecular formula is C17H27NO2. The molecule has 1 aromatic rings. The molecule has 0 fully saturated rings. The monoisotopic (exact) mass is 277 g/mol. The molecule has 1 aromatic carbocycles. The molecule has 1 rings (SSSR count). The van der Waals surface area contributed by atoms with E-state index < -0.39 is 0 Å². The highest BCUT2D eigenvalue weighted by Gasteiger charge is 2.18. The number of amides is 1. The number of hydrogen-bond donors (Lipinski definition) is 1. The number of rotatable bonds is 9. The topological polar surface area (TPSA) is 38.3 Å². The van der Waals surface area contributed by atoms with E-state index in [2.05, 4.69) is 19.2 Å². The summed E-state index contributed by atoms with van der Waals surface area (Å²) < 4.78 is 5.78. The van der Waals surface area contributed by atoms with Crippen molar-refractivity contribution < 1.29 is 9.53 Å². The maximum absolute atomic E-state index is 11.9. The fourth-order valence-corrected chi connectivity index (χ4v) is 2.13. The minimum atomic E-state index is -0.388. The fourth-order valence-electron chi connectivity index (χ4n) is 2.13. The Hall–Kier alpha value is -1.51. The van der Waals surface area contributed by atoms with E-state index in [9.17, 15) is 4.79 Å². The third kappa shape index (κ3) is 6.60. The van der Waals surface area contributed by atoms with Crippen molar-refractivity contribution in [2.75, 3.05) is 7.05 Å². The summed E-state index contributed by atoms with van der Waals surface area (Å²) in [6, 6.07) is 9.54. The second-order valence-corrected chi connectivity index (χ2v) is 5.57. The highest BCUT2D eigenvalue weighted by molar-refractivity contribution is 5.80. The first kappa shape index (κ1) is 16.5. The van der Waals surface area contributed by atoms with Gasteiger partial charge in [-0.15, -0.1) is 0 Å². The normalized spacial score (nSPS) is 12.2. The van der Waals surface area contributed by atoms with Gasteiger partial charge in [-0.05, 0) is 30.9 Å². The van der Waals surface area contributed by atoms with Crippen LogP contribution in [0.15, 0.2) is 30.3 Å². The quantitative estimate of drug-likeness (QED) is 0.697. The van der Waals surface area contributed by atoms with Crippen molar-refractivity contribution in [3.05, 3.63) is 30.3 Å². The van der Waals surface area contributed by atoms with Crippen LogP contribution in [0, 0.1) is 5.92 Å². The molecule has 3 nitrogen and oxygen atoms in total. The molecule has 1 N–H and O–H groups in total. The van der Waals surface area contributed by atoms with Crippen molar-refractivity contribution in [2.24, 2.45) is 5.92 Å². The van der Waals surface area contributed by atoms with Crippen LogP contribution in [-0.4, -0.2) is 19.1 Å².